The summed E-state index contributed by atoms with van der Waals surface area (Å²) < 4.78 is 4.94. The highest BCUT2D eigenvalue weighted by atomic mass is 35.5. The summed E-state index contributed by atoms with van der Waals surface area (Å²) in [7, 11) is 0. The summed E-state index contributed by atoms with van der Waals surface area (Å²) in [6.45, 7) is 3.16. The highest BCUT2D eigenvalue weighted by molar-refractivity contribution is 6.32. The van der Waals surface area contributed by atoms with Crippen LogP contribution in [-0.4, -0.2) is 41.4 Å². The third kappa shape index (κ3) is 4.23. The third-order valence-electron chi connectivity index (χ3n) is 3.96. The number of carbonyl (C=O) groups is 2. The van der Waals surface area contributed by atoms with Crippen molar-refractivity contribution in [2.75, 3.05) is 19.7 Å². The Kier molecular flexibility index (Phi) is 6.14. The van der Waals surface area contributed by atoms with Crippen LogP contribution in [-0.2, 0) is 14.3 Å². The average Bonchev–Trinajstić information content (AvgIpc) is 3.07. The van der Waals surface area contributed by atoms with Gasteiger partial charge in [0, 0.05) is 19.2 Å². The van der Waals surface area contributed by atoms with Crippen molar-refractivity contribution < 1.29 is 19.2 Å². The van der Waals surface area contributed by atoms with E-state index in [1.165, 1.54) is 12.1 Å². The van der Waals surface area contributed by atoms with Crippen LogP contribution in [0.3, 0.4) is 0 Å². The molecule has 7 nitrogen and oxygen atoms in total. The molecule has 1 aromatic rings. The number of likely N-dealkylation sites (tertiary alicyclic amines) is 1. The van der Waals surface area contributed by atoms with Gasteiger partial charge in [0.2, 0.25) is 5.91 Å². The number of nitrogens with zero attached hydrogens (tertiary/aromatic N) is 2. The first-order valence-corrected chi connectivity index (χ1v) is 8.20. The molecular formula is C16H19ClN2O5. The number of ether oxygens (including phenoxy) is 1. The molecule has 0 N–H and O–H groups in total. The number of benzene rings is 1. The van der Waals surface area contributed by atoms with E-state index in [1.54, 1.807) is 17.9 Å². The second-order valence-corrected chi connectivity index (χ2v) is 5.97. The molecule has 1 heterocycles. The molecule has 2 rings (SSSR count). The molecule has 0 aliphatic carbocycles. The summed E-state index contributed by atoms with van der Waals surface area (Å²) in [6.07, 6.45) is 1.68. The summed E-state index contributed by atoms with van der Waals surface area (Å²) in [5, 5.41) is 11.1. The van der Waals surface area contributed by atoms with Crippen LogP contribution in [0.5, 0.6) is 0 Å². The molecule has 0 radical (unpaired) electrons. The number of hydrogen-bond acceptors (Lipinski definition) is 5. The van der Waals surface area contributed by atoms with Gasteiger partial charge < -0.3 is 9.64 Å². The van der Waals surface area contributed by atoms with Gasteiger partial charge in [-0.2, -0.15) is 0 Å². The Bertz CT molecular complexity index is 643. The molecule has 8 heteroatoms. The molecule has 1 aliphatic heterocycles. The van der Waals surface area contributed by atoms with Gasteiger partial charge in [0.05, 0.1) is 23.9 Å². The Morgan fingerprint density at radius 3 is 2.62 bits per heavy atom. The minimum Gasteiger partial charge on any atom is -0.466 e. The van der Waals surface area contributed by atoms with Gasteiger partial charge in [0.15, 0.2) is 0 Å². The van der Waals surface area contributed by atoms with Crippen molar-refractivity contribution in [3.05, 3.63) is 38.9 Å². The van der Waals surface area contributed by atoms with Crippen molar-refractivity contribution in [2.45, 2.75) is 32.1 Å². The van der Waals surface area contributed by atoms with E-state index in [-0.39, 0.29) is 29.6 Å². The van der Waals surface area contributed by atoms with Crippen LogP contribution in [0, 0.1) is 10.1 Å². The van der Waals surface area contributed by atoms with Crippen LogP contribution in [0.1, 0.15) is 37.7 Å². The van der Waals surface area contributed by atoms with E-state index in [1.807, 2.05) is 0 Å². The number of carbonyl (C=O) groups excluding carboxylic acids is 2. The van der Waals surface area contributed by atoms with Crippen LogP contribution in [0.4, 0.5) is 5.69 Å². The zero-order chi connectivity index (χ0) is 17.7. The highest BCUT2D eigenvalue weighted by Gasteiger charge is 2.31. The van der Waals surface area contributed by atoms with Crippen LogP contribution >= 0.6 is 11.6 Å². The lowest BCUT2D eigenvalue weighted by Gasteiger charge is -2.23. The van der Waals surface area contributed by atoms with Crippen molar-refractivity contribution in [3.63, 3.8) is 0 Å². The summed E-state index contributed by atoms with van der Waals surface area (Å²) >= 11 is 5.83. The molecule has 24 heavy (non-hydrogen) atoms. The average molecular weight is 355 g/mol. The molecule has 0 aromatic heterocycles. The maximum absolute atomic E-state index is 12.8. The fourth-order valence-electron chi connectivity index (χ4n) is 2.78. The number of nitro benzene ring substituents is 1. The number of halogens is 1. The van der Waals surface area contributed by atoms with Gasteiger partial charge in [-0.05, 0) is 31.4 Å². The maximum Gasteiger partial charge on any atom is 0.306 e. The van der Waals surface area contributed by atoms with Crippen molar-refractivity contribution >= 4 is 29.2 Å². The van der Waals surface area contributed by atoms with E-state index in [9.17, 15) is 19.7 Å². The Morgan fingerprint density at radius 2 is 2.04 bits per heavy atom. The second-order valence-electron chi connectivity index (χ2n) is 5.56. The molecule has 1 atom stereocenters. The van der Waals surface area contributed by atoms with E-state index >= 15 is 0 Å². The lowest BCUT2D eigenvalue weighted by Crippen LogP contribution is -2.34. The normalized spacial score (nSPS) is 15.2. The predicted molar refractivity (Wildman–Crippen MR) is 87.9 cm³/mol. The van der Waals surface area contributed by atoms with Gasteiger partial charge in [0.1, 0.15) is 5.02 Å². The topological polar surface area (TPSA) is 89.8 Å². The molecule has 0 bridgehead atoms. The zero-order valence-electron chi connectivity index (χ0n) is 13.4. The van der Waals surface area contributed by atoms with Gasteiger partial charge in [-0.25, -0.2) is 0 Å². The Balaban J connectivity index is 2.33. The van der Waals surface area contributed by atoms with Crippen LogP contribution in [0.15, 0.2) is 18.2 Å². The van der Waals surface area contributed by atoms with E-state index in [2.05, 4.69) is 0 Å². The minimum atomic E-state index is -0.807. The lowest BCUT2D eigenvalue weighted by molar-refractivity contribution is -0.384. The number of esters is 1. The van der Waals surface area contributed by atoms with Crippen molar-refractivity contribution in [2.24, 2.45) is 0 Å². The number of hydrogen-bond donors (Lipinski definition) is 0. The van der Waals surface area contributed by atoms with Gasteiger partial charge in [-0.3, -0.25) is 19.7 Å². The largest absolute Gasteiger partial charge is 0.466 e. The van der Waals surface area contributed by atoms with E-state index < -0.39 is 16.8 Å². The molecule has 1 unspecified atom stereocenters. The van der Waals surface area contributed by atoms with Crippen LogP contribution < -0.4 is 0 Å². The smallest absolute Gasteiger partial charge is 0.306 e. The summed E-state index contributed by atoms with van der Waals surface area (Å²) in [6, 6.07) is 4.19. The first-order chi connectivity index (χ1) is 11.4. The quantitative estimate of drug-likeness (QED) is 0.445. The van der Waals surface area contributed by atoms with E-state index in [4.69, 9.17) is 16.3 Å². The van der Waals surface area contributed by atoms with Gasteiger partial charge in [-0.15, -0.1) is 0 Å². The van der Waals surface area contributed by atoms with E-state index in [0.717, 1.165) is 12.8 Å². The first kappa shape index (κ1) is 18.2. The molecule has 1 aromatic carbocycles. The predicted octanol–water partition coefficient (Wildman–Crippen LogP) is 2.91. The molecule has 0 spiro atoms. The highest BCUT2D eigenvalue weighted by Crippen LogP contribution is 2.31. The number of amides is 1. The molecule has 1 fully saturated rings. The maximum atomic E-state index is 12.8. The molecular weight excluding hydrogens is 336 g/mol. The Hall–Kier alpha value is -2.15. The fourth-order valence-corrected chi connectivity index (χ4v) is 2.97. The summed E-state index contributed by atoms with van der Waals surface area (Å²) in [4.78, 5) is 36.8. The molecule has 1 saturated heterocycles. The number of nitro groups is 1. The van der Waals surface area contributed by atoms with E-state index in [0.29, 0.717) is 18.7 Å². The molecule has 1 amide bonds. The molecule has 130 valence electrons. The van der Waals surface area contributed by atoms with Gasteiger partial charge in [0.25, 0.3) is 5.69 Å². The lowest BCUT2D eigenvalue weighted by atomic mass is 9.93. The zero-order valence-corrected chi connectivity index (χ0v) is 14.1. The Labute approximate surface area is 144 Å². The van der Waals surface area contributed by atoms with Gasteiger partial charge >= 0.3 is 5.97 Å². The summed E-state index contributed by atoms with van der Waals surface area (Å²) in [5.41, 5.74) is 0.119. The third-order valence-corrected chi connectivity index (χ3v) is 4.28. The first-order valence-electron chi connectivity index (χ1n) is 7.82. The van der Waals surface area contributed by atoms with Crippen LogP contribution in [0.2, 0.25) is 5.02 Å². The van der Waals surface area contributed by atoms with Crippen LogP contribution in [0.25, 0.3) is 0 Å². The minimum absolute atomic E-state index is 0.00717. The van der Waals surface area contributed by atoms with Gasteiger partial charge in [-0.1, -0.05) is 17.7 Å². The van der Waals surface area contributed by atoms with Crippen molar-refractivity contribution in [1.29, 1.82) is 0 Å². The number of rotatable bonds is 6. The second kappa shape index (κ2) is 8.10. The molecule has 0 saturated carbocycles. The Morgan fingerprint density at radius 1 is 1.38 bits per heavy atom. The monoisotopic (exact) mass is 354 g/mol. The standard InChI is InChI=1S/C16H19ClN2O5/c1-2-24-15(20)10-12(16(21)18-7-3-4-8-18)11-5-6-13(17)14(9-11)19(22)23/h5-6,9,12H,2-4,7-8,10H2,1H3. The summed E-state index contributed by atoms with van der Waals surface area (Å²) in [5.74, 6) is -1.53. The van der Waals surface area contributed by atoms with Crippen molar-refractivity contribution in [1.82, 2.24) is 4.90 Å². The molecule has 1 aliphatic rings. The SMILES string of the molecule is CCOC(=O)CC(C(=O)N1CCCC1)c1ccc(Cl)c([N+](=O)[O-])c1. The van der Waals surface area contributed by atoms with Crippen molar-refractivity contribution in [3.8, 4) is 0 Å². The fraction of sp³-hybridized carbons (Fsp3) is 0.500.